The summed E-state index contributed by atoms with van der Waals surface area (Å²) in [4.78, 5) is 11.4. The van der Waals surface area contributed by atoms with Crippen LogP contribution in [0.25, 0.3) is 0 Å². The van der Waals surface area contributed by atoms with Crippen LogP contribution in [0.3, 0.4) is 0 Å². The fourth-order valence-corrected chi connectivity index (χ4v) is 1.33. The second-order valence-corrected chi connectivity index (χ2v) is 3.78. The van der Waals surface area contributed by atoms with Gasteiger partial charge < -0.3 is 4.74 Å². The van der Waals surface area contributed by atoms with E-state index in [9.17, 15) is 4.79 Å². The molecule has 2 heteroatoms. The van der Waals surface area contributed by atoms with E-state index in [0.29, 0.717) is 5.75 Å². The average Bonchev–Trinajstić information content (AvgIpc) is 2.24. The van der Waals surface area contributed by atoms with E-state index in [2.05, 4.69) is 6.92 Å². The minimum absolute atomic E-state index is 0.304. The third-order valence-electron chi connectivity index (χ3n) is 2.19. The lowest BCUT2D eigenvalue weighted by Gasteiger charge is -2.01. The molecule has 1 rings (SSSR count). The predicted molar refractivity (Wildman–Crippen MR) is 65.5 cm³/mol. The summed E-state index contributed by atoms with van der Waals surface area (Å²) in [5, 5.41) is 0. The van der Waals surface area contributed by atoms with Gasteiger partial charge in [-0.3, -0.25) is 0 Å². The van der Waals surface area contributed by atoms with Gasteiger partial charge in [-0.25, -0.2) is 4.79 Å². The zero-order valence-electron chi connectivity index (χ0n) is 9.90. The van der Waals surface area contributed by atoms with Gasteiger partial charge in [0.25, 0.3) is 0 Å². The summed E-state index contributed by atoms with van der Waals surface area (Å²) in [6.45, 7) is 4.09. The first-order chi connectivity index (χ1) is 7.72. The first kappa shape index (κ1) is 12.5. The number of hydrogen-bond acceptors (Lipinski definition) is 2. The number of unbranched alkanes of at least 4 members (excludes halogenated alkanes) is 2. The van der Waals surface area contributed by atoms with Crippen LogP contribution in [0.5, 0.6) is 5.75 Å². The molecule has 0 heterocycles. The van der Waals surface area contributed by atoms with Crippen molar-refractivity contribution in [2.45, 2.75) is 33.1 Å². The molecule has 0 N–H and O–H groups in total. The Kier molecular flexibility index (Phi) is 5.34. The van der Waals surface area contributed by atoms with Gasteiger partial charge in [0.1, 0.15) is 5.75 Å². The molecule has 0 saturated heterocycles. The molecule has 0 amide bonds. The Morgan fingerprint density at radius 2 is 2.25 bits per heavy atom. The molecule has 2 nitrogen and oxygen atoms in total. The average molecular weight is 218 g/mol. The third-order valence-corrected chi connectivity index (χ3v) is 2.19. The second kappa shape index (κ2) is 6.83. The van der Waals surface area contributed by atoms with Gasteiger partial charge >= 0.3 is 5.97 Å². The number of esters is 1. The van der Waals surface area contributed by atoms with E-state index in [1.807, 2.05) is 31.2 Å². The largest absolute Gasteiger partial charge is 0.423 e. The number of ether oxygens (including phenoxy) is 1. The molecule has 1 aromatic carbocycles. The molecule has 0 atom stereocenters. The molecule has 16 heavy (non-hydrogen) atoms. The Bertz CT molecular complexity index is 367. The van der Waals surface area contributed by atoms with Crippen LogP contribution >= 0.6 is 0 Å². The number of benzene rings is 1. The highest BCUT2D eigenvalue weighted by Crippen LogP contribution is 2.12. The van der Waals surface area contributed by atoms with Crippen molar-refractivity contribution >= 4 is 5.97 Å². The molecule has 0 aliphatic carbocycles. The van der Waals surface area contributed by atoms with Crippen molar-refractivity contribution in [3.8, 4) is 5.75 Å². The number of hydrogen-bond donors (Lipinski definition) is 0. The monoisotopic (exact) mass is 218 g/mol. The SMILES string of the molecule is CCCC/C=C/C(=O)Oc1cccc(C)c1. The second-order valence-electron chi connectivity index (χ2n) is 3.78. The molecule has 0 radical (unpaired) electrons. The van der Waals surface area contributed by atoms with Crippen molar-refractivity contribution in [2.24, 2.45) is 0 Å². The summed E-state index contributed by atoms with van der Waals surface area (Å²) in [6, 6.07) is 7.47. The molecule has 0 unspecified atom stereocenters. The first-order valence-electron chi connectivity index (χ1n) is 5.67. The topological polar surface area (TPSA) is 26.3 Å². The van der Waals surface area contributed by atoms with E-state index in [-0.39, 0.29) is 5.97 Å². The maximum atomic E-state index is 11.4. The van der Waals surface area contributed by atoms with Gasteiger partial charge in [-0.15, -0.1) is 0 Å². The lowest BCUT2D eigenvalue weighted by atomic mass is 10.2. The number of aryl methyl sites for hydroxylation is 1. The van der Waals surface area contributed by atoms with Crippen LogP contribution in [-0.2, 0) is 4.79 Å². The van der Waals surface area contributed by atoms with E-state index in [1.54, 1.807) is 6.07 Å². The van der Waals surface area contributed by atoms with Crippen LogP contribution in [-0.4, -0.2) is 5.97 Å². The van der Waals surface area contributed by atoms with Gasteiger partial charge in [0, 0.05) is 6.08 Å². The summed E-state index contributed by atoms with van der Waals surface area (Å²) >= 11 is 0. The molecule has 0 fully saturated rings. The summed E-state index contributed by atoms with van der Waals surface area (Å²) in [5.74, 6) is 0.298. The molecule has 0 saturated carbocycles. The molecular formula is C14H18O2. The zero-order valence-corrected chi connectivity index (χ0v) is 9.90. The number of allylic oxidation sites excluding steroid dienone is 1. The van der Waals surface area contributed by atoms with E-state index < -0.39 is 0 Å². The van der Waals surface area contributed by atoms with Gasteiger partial charge in [-0.1, -0.05) is 38.0 Å². The summed E-state index contributed by atoms with van der Waals surface area (Å²) in [5.41, 5.74) is 1.08. The minimum Gasteiger partial charge on any atom is -0.423 e. The van der Waals surface area contributed by atoms with Crippen molar-refractivity contribution in [2.75, 3.05) is 0 Å². The standard InChI is InChI=1S/C14H18O2/c1-3-4-5-6-10-14(15)16-13-9-7-8-12(2)11-13/h6-11H,3-5H2,1-2H3/b10-6+. The van der Waals surface area contributed by atoms with E-state index in [0.717, 1.165) is 24.8 Å². The van der Waals surface area contributed by atoms with Crippen LogP contribution in [0.4, 0.5) is 0 Å². The Morgan fingerprint density at radius 1 is 1.44 bits per heavy atom. The fourth-order valence-electron chi connectivity index (χ4n) is 1.33. The van der Waals surface area contributed by atoms with E-state index >= 15 is 0 Å². The van der Waals surface area contributed by atoms with Crippen molar-refractivity contribution in [1.82, 2.24) is 0 Å². The van der Waals surface area contributed by atoms with Gasteiger partial charge in [0.15, 0.2) is 0 Å². The Balaban J connectivity index is 2.42. The van der Waals surface area contributed by atoms with Crippen molar-refractivity contribution in [3.05, 3.63) is 42.0 Å². The van der Waals surface area contributed by atoms with Crippen LogP contribution in [0, 0.1) is 6.92 Å². The van der Waals surface area contributed by atoms with Gasteiger partial charge in [0.05, 0.1) is 0 Å². The normalized spacial score (nSPS) is 10.6. The molecule has 0 aromatic heterocycles. The van der Waals surface area contributed by atoms with Crippen LogP contribution in [0.15, 0.2) is 36.4 Å². The quantitative estimate of drug-likeness (QED) is 0.326. The van der Waals surface area contributed by atoms with Crippen LogP contribution in [0.1, 0.15) is 31.7 Å². The van der Waals surface area contributed by atoms with Crippen molar-refractivity contribution < 1.29 is 9.53 Å². The molecule has 86 valence electrons. The number of carbonyl (C=O) groups is 1. The molecule has 0 aliphatic heterocycles. The highest BCUT2D eigenvalue weighted by atomic mass is 16.5. The highest BCUT2D eigenvalue weighted by molar-refractivity contribution is 5.83. The lowest BCUT2D eigenvalue weighted by molar-refractivity contribution is -0.129. The third kappa shape index (κ3) is 4.78. The molecule has 1 aromatic rings. The summed E-state index contributed by atoms with van der Waals surface area (Å²) in [6.07, 6.45) is 6.53. The molecule has 0 spiro atoms. The maximum Gasteiger partial charge on any atom is 0.335 e. The first-order valence-corrected chi connectivity index (χ1v) is 5.67. The van der Waals surface area contributed by atoms with Crippen molar-refractivity contribution in [3.63, 3.8) is 0 Å². The van der Waals surface area contributed by atoms with Gasteiger partial charge in [-0.05, 0) is 31.0 Å². The Hall–Kier alpha value is -1.57. The molecule has 0 bridgehead atoms. The number of rotatable bonds is 5. The highest BCUT2D eigenvalue weighted by Gasteiger charge is 1.99. The van der Waals surface area contributed by atoms with Crippen LogP contribution in [0.2, 0.25) is 0 Å². The fraction of sp³-hybridized carbons (Fsp3) is 0.357. The molecular weight excluding hydrogens is 200 g/mol. The molecule has 0 aliphatic rings. The zero-order chi connectivity index (χ0) is 11.8. The minimum atomic E-state index is -0.304. The predicted octanol–water partition coefficient (Wildman–Crippen LogP) is 3.65. The summed E-state index contributed by atoms with van der Waals surface area (Å²) in [7, 11) is 0. The Morgan fingerprint density at radius 3 is 2.94 bits per heavy atom. The van der Waals surface area contributed by atoms with E-state index in [1.165, 1.54) is 6.08 Å². The van der Waals surface area contributed by atoms with E-state index in [4.69, 9.17) is 4.74 Å². The number of carbonyl (C=O) groups excluding carboxylic acids is 1. The Labute approximate surface area is 96.9 Å². The van der Waals surface area contributed by atoms with Crippen molar-refractivity contribution in [1.29, 1.82) is 0 Å². The van der Waals surface area contributed by atoms with Gasteiger partial charge in [0.2, 0.25) is 0 Å². The smallest absolute Gasteiger partial charge is 0.335 e. The maximum absolute atomic E-state index is 11.4. The van der Waals surface area contributed by atoms with Gasteiger partial charge in [-0.2, -0.15) is 0 Å². The lowest BCUT2D eigenvalue weighted by Crippen LogP contribution is -2.03. The summed E-state index contributed by atoms with van der Waals surface area (Å²) < 4.78 is 5.15. The van der Waals surface area contributed by atoms with Crippen LogP contribution < -0.4 is 4.74 Å².